The summed E-state index contributed by atoms with van der Waals surface area (Å²) in [5.41, 5.74) is 4.99. The second-order valence-electron chi connectivity index (χ2n) is 6.24. The standard InChI is InChI=1S/C22H18N2O2/c25-15-18-10-11-19(24-13-12-16-6-4-5-9-21(16)24)14-20(18)23-22(26)17-7-2-1-3-8-17/h1-11,14-15H,12-13H2,(H,23,26). The van der Waals surface area contributed by atoms with Gasteiger partial charge in [0, 0.05) is 29.0 Å². The SMILES string of the molecule is O=Cc1ccc(N2CCc3ccccc32)cc1NC(=O)c1ccccc1. The Balaban J connectivity index is 1.66. The van der Waals surface area contributed by atoms with Gasteiger partial charge in [0.05, 0.1) is 5.69 Å². The third-order valence-electron chi connectivity index (χ3n) is 4.65. The fraction of sp³-hybridized carbons (Fsp3) is 0.0909. The second-order valence-corrected chi connectivity index (χ2v) is 6.24. The van der Waals surface area contributed by atoms with E-state index in [1.807, 2.05) is 42.5 Å². The molecule has 3 aromatic carbocycles. The van der Waals surface area contributed by atoms with E-state index in [1.165, 1.54) is 11.3 Å². The van der Waals surface area contributed by atoms with Gasteiger partial charge in [-0.3, -0.25) is 9.59 Å². The molecule has 0 unspecified atom stereocenters. The number of para-hydroxylation sites is 1. The average molecular weight is 342 g/mol. The predicted molar refractivity (Wildman–Crippen MR) is 103 cm³/mol. The van der Waals surface area contributed by atoms with Crippen LogP contribution < -0.4 is 10.2 Å². The molecular weight excluding hydrogens is 324 g/mol. The number of aldehydes is 1. The number of benzene rings is 3. The lowest BCUT2D eigenvalue weighted by atomic mass is 10.1. The van der Waals surface area contributed by atoms with Crippen molar-refractivity contribution in [2.75, 3.05) is 16.8 Å². The summed E-state index contributed by atoms with van der Waals surface area (Å²) in [6.45, 7) is 0.881. The summed E-state index contributed by atoms with van der Waals surface area (Å²) >= 11 is 0. The largest absolute Gasteiger partial charge is 0.341 e. The highest BCUT2D eigenvalue weighted by atomic mass is 16.1. The fourth-order valence-corrected chi connectivity index (χ4v) is 3.31. The van der Waals surface area contributed by atoms with Gasteiger partial charge in [0.2, 0.25) is 0 Å². The van der Waals surface area contributed by atoms with Gasteiger partial charge in [-0.05, 0) is 48.4 Å². The number of carbonyl (C=O) groups is 2. The molecule has 1 aliphatic heterocycles. The van der Waals surface area contributed by atoms with Crippen molar-refractivity contribution < 1.29 is 9.59 Å². The molecule has 0 spiro atoms. The zero-order valence-corrected chi connectivity index (χ0v) is 14.2. The van der Waals surface area contributed by atoms with Crippen LogP contribution in [-0.4, -0.2) is 18.7 Å². The number of hydrogen-bond donors (Lipinski definition) is 1. The van der Waals surface area contributed by atoms with Gasteiger partial charge in [0.1, 0.15) is 0 Å². The Hall–Kier alpha value is -3.40. The van der Waals surface area contributed by atoms with Gasteiger partial charge in [-0.15, -0.1) is 0 Å². The summed E-state index contributed by atoms with van der Waals surface area (Å²) < 4.78 is 0. The number of rotatable bonds is 4. The molecule has 0 bridgehead atoms. The van der Waals surface area contributed by atoms with Gasteiger partial charge in [-0.2, -0.15) is 0 Å². The van der Waals surface area contributed by atoms with Crippen LogP contribution in [0.1, 0.15) is 26.3 Å². The molecule has 1 N–H and O–H groups in total. The van der Waals surface area contributed by atoms with Gasteiger partial charge in [0.15, 0.2) is 6.29 Å². The Bertz CT molecular complexity index is 967. The first-order valence-electron chi connectivity index (χ1n) is 8.57. The maximum atomic E-state index is 12.5. The maximum absolute atomic E-state index is 12.5. The quantitative estimate of drug-likeness (QED) is 0.713. The van der Waals surface area contributed by atoms with Crippen molar-refractivity contribution in [3.63, 3.8) is 0 Å². The number of hydrogen-bond acceptors (Lipinski definition) is 3. The smallest absolute Gasteiger partial charge is 0.255 e. The zero-order chi connectivity index (χ0) is 17.9. The molecule has 0 aliphatic carbocycles. The van der Waals surface area contributed by atoms with Crippen molar-refractivity contribution in [3.05, 3.63) is 89.5 Å². The van der Waals surface area contributed by atoms with Crippen LogP contribution in [0.3, 0.4) is 0 Å². The topological polar surface area (TPSA) is 49.4 Å². The molecule has 0 fully saturated rings. The normalized spacial score (nSPS) is 12.5. The van der Waals surface area contributed by atoms with E-state index in [9.17, 15) is 9.59 Å². The molecule has 128 valence electrons. The number of carbonyl (C=O) groups excluding carboxylic acids is 2. The van der Waals surface area contributed by atoms with E-state index in [-0.39, 0.29) is 5.91 Å². The molecule has 0 atom stereocenters. The lowest BCUT2D eigenvalue weighted by Gasteiger charge is -2.21. The summed E-state index contributed by atoms with van der Waals surface area (Å²) in [5, 5.41) is 2.87. The van der Waals surface area contributed by atoms with Gasteiger partial charge < -0.3 is 10.2 Å². The van der Waals surface area contributed by atoms with Gasteiger partial charge in [-0.25, -0.2) is 0 Å². The summed E-state index contributed by atoms with van der Waals surface area (Å²) in [6, 6.07) is 22.8. The third kappa shape index (κ3) is 2.97. The minimum absolute atomic E-state index is 0.229. The van der Waals surface area contributed by atoms with E-state index in [4.69, 9.17) is 0 Å². The molecule has 4 nitrogen and oxygen atoms in total. The first-order chi connectivity index (χ1) is 12.8. The molecule has 4 heteroatoms. The van der Waals surface area contributed by atoms with E-state index in [2.05, 4.69) is 22.3 Å². The van der Waals surface area contributed by atoms with Crippen LogP contribution in [0.25, 0.3) is 0 Å². The lowest BCUT2D eigenvalue weighted by Crippen LogP contribution is -2.16. The number of nitrogens with one attached hydrogen (secondary N) is 1. The summed E-state index contributed by atoms with van der Waals surface area (Å²) in [5.74, 6) is -0.229. The first-order valence-corrected chi connectivity index (χ1v) is 8.57. The molecule has 0 radical (unpaired) electrons. The van der Waals surface area contributed by atoms with Gasteiger partial charge >= 0.3 is 0 Å². The summed E-state index contributed by atoms with van der Waals surface area (Å²) in [4.78, 5) is 26.1. The Morgan fingerprint density at radius 1 is 0.962 bits per heavy atom. The van der Waals surface area contributed by atoms with Crippen LogP contribution in [-0.2, 0) is 6.42 Å². The fourth-order valence-electron chi connectivity index (χ4n) is 3.31. The van der Waals surface area contributed by atoms with Crippen molar-refractivity contribution in [3.8, 4) is 0 Å². The Morgan fingerprint density at radius 3 is 2.54 bits per heavy atom. The van der Waals surface area contributed by atoms with E-state index in [1.54, 1.807) is 18.2 Å². The van der Waals surface area contributed by atoms with Crippen molar-refractivity contribution in [1.82, 2.24) is 0 Å². The number of anilines is 3. The van der Waals surface area contributed by atoms with E-state index >= 15 is 0 Å². The van der Waals surface area contributed by atoms with Crippen LogP contribution in [0.4, 0.5) is 17.1 Å². The van der Waals surface area contributed by atoms with Gasteiger partial charge in [-0.1, -0.05) is 36.4 Å². The maximum Gasteiger partial charge on any atom is 0.255 e. The second kappa shape index (κ2) is 6.84. The molecule has 1 aliphatic rings. The van der Waals surface area contributed by atoms with Crippen LogP contribution in [0, 0.1) is 0 Å². The van der Waals surface area contributed by atoms with Crippen LogP contribution >= 0.6 is 0 Å². The number of amides is 1. The van der Waals surface area contributed by atoms with E-state index in [0.29, 0.717) is 16.8 Å². The van der Waals surface area contributed by atoms with Crippen LogP contribution in [0.5, 0.6) is 0 Å². The molecule has 1 amide bonds. The minimum Gasteiger partial charge on any atom is -0.341 e. The monoisotopic (exact) mass is 342 g/mol. The molecule has 26 heavy (non-hydrogen) atoms. The zero-order valence-electron chi connectivity index (χ0n) is 14.2. The van der Waals surface area contributed by atoms with Crippen LogP contribution in [0.2, 0.25) is 0 Å². The molecule has 0 saturated carbocycles. The molecule has 0 saturated heterocycles. The summed E-state index contributed by atoms with van der Waals surface area (Å²) in [6.07, 6.45) is 1.75. The highest BCUT2D eigenvalue weighted by Crippen LogP contribution is 2.35. The highest BCUT2D eigenvalue weighted by molar-refractivity contribution is 6.06. The Kier molecular flexibility index (Phi) is 4.23. The molecule has 0 aromatic heterocycles. The lowest BCUT2D eigenvalue weighted by molar-refractivity contribution is 0.102. The molecule has 1 heterocycles. The van der Waals surface area contributed by atoms with Crippen molar-refractivity contribution in [2.45, 2.75) is 6.42 Å². The predicted octanol–water partition coefficient (Wildman–Crippen LogP) is 4.45. The van der Waals surface area contributed by atoms with Crippen molar-refractivity contribution >= 4 is 29.3 Å². The average Bonchev–Trinajstić information content (AvgIpc) is 3.13. The van der Waals surface area contributed by atoms with E-state index < -0.39 is 0 Å². The third-order valence-corrected chi connectivity index (χ3v) is 4.65. The van der Waals surface area contributed by atoms with Crippen molar-refractivity contribution in [1.29, 1.82) is 0 Å². The number of nitrogens with zero attached hydrogens (tertiary/aromatic N) is 1. The Morgan fingerprint density at radius 2 is 1.73 bits per heavy atom. The molecule has 3 aromatic rings. The van der Waals surface area contributed by atoms with Gasteiger partial charge in [0.25, 0.3) is 5.91 Å². The minimum atomic E-state index is -0.229. The first kappa shape index (κ1) is 16.1. The summed E-state index contributed by atoms with van der Waals surface area (Å²) in [7, 11) is 0. The number of fused-ring (bicyclic) bond motifs is 1. The van der Waals surface area contributed by atoms with Crippen LogP contribution in [0.15, 0.2) is 72.8 Å². The van der Waals surface area contributed by atoms with Crippen molar-refractivity contribution in [2.24, 2.45) is 0 Å². The molecular formula is C22H18N2O2. The highest BCUT2D eigenvalue weighted by Gasteiger charge is 2.21. The van der Waals surface area contributed by atoms with E-state index in [0.717, 1.165) is 24.9 Å². The molecule has 4 rings (SSSR count). The Labute approximate surface area is 152 Å².